The first-order valence-corrected chi connectivity index (χ1v) is 6.86. The summed E-state index contributed by atoms with van der Waals surface area (Å²) in [5, 5.41) is 21.3. The van der Waals surface area contributed by atoms with Crippen LogP contribution in [0.5, 0.6) is 0 Å². The third-order valence-electron chi connectivity index (χ3n) is 3.93. The number of esters is 1. The Balaban J connectivity index is 2.29. The number of aliphatic hydroxyl groups is 2. The van der Waals surface area contributed by atoms with E-state index in [-0.39, 0.29) is 17.7 Å². The molecule has 2 aliphatic rings. The molecule has 0 unspecified atom stereocenters. The Morgan fingerprint density at radius 2 is 1.92 bits per heavy atom. The number of ketones is 1. The summed E-state index contributed by atoms with van der Waals surface area (Å²) >= 11 is 0. The Hall–Kier alpha value is -2.39. The molecule has 0 saturated heterocycles. The number of hydrogen-bond donors (Lipinski definition) is 2. The average Bonchev–Trinajstić information content (AvgIpc) is 2.85. The number of hydrogen-bond acceptors (Lipinski definition) is 6. The molecular formula is C15H11F3O6. The maximum absolute atomic E-state index is 13.2. The number of benzene rings is 1. The van der Waals surface area contributed by atoms with Crippen molar-refractivity contribution in [2.75, 3.05) is 6.61 Å². The summed E-state index contributed by atoms with van der Waals surface area (Å²) in [7, 11) is 0. The molecule has 0 bridgehead atoms. The zero-order chi connectivity index (χ0) is 17.9. The standard InChI is InChI=1S/C15H11F3O6/c1-2-23-12(20)9-11(15(16,17)18)24-14(22)8-6-4-3-5-7(8)10(19)13(9,14)21/h3-6,21-22H,2H2,1H3/t13-,14+/m1/s1. The maximum atomic E-state index is 13.2. The predicted octanol–water partition coefficient (Wildman–Crippen LogP) is 1.17. The highest BCUT2D eigenvalue weighted by Gasteiger charge is 2.75. The SMILES string of the molecule is CCOC(=O)C1=C(C(F)(F)F)O[C@@]2(O)c3ccccc3C(=O)[C@]12O. The highest BCUT2D eigenvalue weighted by Crippen LogP contribution is 2.57. The summed E-state index contributed by atoms with van der Waals surface area (Å²) in [5.74, 6) is -7.88. The first-order chi connectivity index (χ1) is 11.1. The van der Waals surface area contributed by atoms with Gasteiger partial charge < -0.3 is 19.7 Å². The van der Waals surface area contributed by atoms with Crippen LogP contribution in [0.15, 0.2) is 35.6 Å². The highest BCUT2D eigenvalue weighted by atomic mass is 19.4. The Kier molecular flexibility index (Phi) is 3.30. The third kappa shape index (κ3) is 1.79. The molecule has 0 fully saturated rings. The van der Waals surface area contributed by atoms with Gasteiger partial charge in [-0.3, -0.25) is 4.79 Å². The van der Waals surface area contributed by atoms with E-state index in [1.165, 1.54) is 25.1 Å². The lowest BCUT2D eigenvalue weighted by molar-refractivity contribution is -0.258. The quantitative estimate of drug-likeness (QED) is 0.783. The summed E-state index contributed by atoms with van der Waals surface area (Å²) < 4.78 is 48.8. The van der Waals surface area contributed by atoms with Crippen LogP contribution >= 0.6 is 0 Å². The minimum atomic E-state index is -5.23. The van der Waals surface area contributed by atoms with Gasteiger partial charge in [0.25, 0.3) is 5.79 Å². The molecule has 0 spiro atoms. The van der Waals surface area contributed by atoms with E-state index in [0.29, 0.717) is 0 Å². The zero-order valence-corrected chi connectivity index (χ0v) is 12.2. The molecule has 1 aliphatic heterocycles. The van der Waals surface area contributed by atoms with Crippen LogP contribution in [0.2, 0.25) is 0 Å². The Morgan fingerprint density at radius 3 is 2.50 bits per heavy atom. The predicted molar refractivity (Wildman–Crippen MR) is 70.4 cm³/mol. The molecule has 0 saturated carbocycles. The topological polar surface area (TPSA) is 93.1 Å². The van der Waals surface area contributed by atoms with Gasteiger partial charge in [-0.25, -0.2) is 4.79 Å². The minimum Gasteiger partial charge on any atom is -0.462 e. The fourth-order valence-electron chi connectivity index (χ4n) is 2.94. The molecule has 2 atom stereocenters. The fourth-order valence-corrected chi connectivity index (χ4v) is 2.94. The third-order valence-corrected chi connectivity index (χ3v) is 3.93. The van der Waals surface area contributed by atoms with Crippen LogP contribution in [0.25, 0.3) is 0 Å². The smallest absolute Gasteiger partial charge is 0.449 e. The number of halogens is 3. The number of fused-ring (bicyclic) bond motifs is 3. The van der Waals surface area contributed by atoms with Crippen LogP contribution in [-0.2, 0) is 20.1 Å². The van der Waals surface area contributed by atoms with E-state index < -0.39 is 40.6 Å². The van der Waals surface area contributed by atoms with Gasteiger partial charge in [0.15, 0.2) is 0 Å². The van der Waals surface area contributed by atoms with Crippen molar-refractivity contribution in [1.29, 1.82) is 0 Å². The fraction of sp³-hybridized carbons (Fsp3) is 0.333. The molecule has 1 aliphatic carbocycles. The van der Waals surface area contributed by atoms with Gasteiger partial charge in [0.05, 0.1) is 6.61 Å². The summed E-state index contributed by atoms with van der Waals surface area (Å²) in [6.07, 6.45) is -5.23. The van der Waals surface area contributed by atoms with E-state index in [2.05, 4.69) is 9.47 Å². The lowest BCUT2D eigenvalue weighted by atomic mass is 9.86. The molecule has 6 nitrogen and oxygen atoms in total. The molecule has 1 aromatic rings. The van der Waals surface area contributed by atoms with Gasteiger partial charge in [-0.1, -0.05) is 24.3 Å². The normalized spacial score (nSPS) is 28.5. The minimum absolute atomic E-state index is 0.245. The van der Waals surface area contributed by atoms with Crippen LogP contribution in [0.3, 0.4) is 0 Å². The van der Waals surface area contributed by atoms with E-state index in [1.807, 2.05) is 0 Å². The molecule has 0 amide bonds. The first kappa shape index (κ1) is 16.5. The van der Waals surface area contributed by atoms with E-state index in [1.54, 1.807) is 0 Å². The first-order valence-electron chi connectivity index (χ1n) is 6.86. The van der Waals surface area contributed by atoms with Crippen molar-refractivity contribution < 1.29 is 42.4 Å². The van der Waals surface area contributed by atoms with Crippen molar-refractivity contribution in [2.45, 2.75) is 24.5 Å². The largest absolute Gasteiger partial charge is 0.462 e. The number of rotatable bonds is 2. The van der Waals surface area contributed by atoms with E-state index in [4.69, 9.17) is 0 Å². The van der Waals surface area contributed by atoms with Crippen molar-refractivity contribution in [3.8, 4) is 0 Å². The molecule has 0 aromatic heterocycles. The monoisotopic (exact) mass is 344 g/mol. The van der Waals surface area contributed by atoms with Gasteiger partial charge in [-0.05, 0) is 6.92 Å². The van der Waals surface area contributed by atoms with E-state index in [9.17, 15) is 33.0 Å². The molecule has 9 heteroatoms. The summed E-state index contributed by atoms with van der Waals surface area (Å²) in [6, 6.07) is 5.07. The maximum Gasteiger partial charge on any atom is 0.449 e. The van der Waals surface area contributed by atoms with Crippen LogP contribution in [0.4, 0.5) is 13.2 Å². The summed E-state index contributed by atoms with van der Waals surface area (Å²) in [5.41, 5.74) is -5.31. The lowest BCUT2D eigenvalue weighted by Gasteiger charge is -2.30. The Morgan fingerprint density at radius 1 is 1.29 bits per heavy atom. The number of carbonyl (C=O) groups is 2. The highest BCUT2D eigenvalue weighted by molar-refractivity contribution is 6.16. The molecule has 24 heavy (non-hydrogen) atoms. The second-order valence-corrected chi connectivity index (χ2v) is 5.25. The van der Waals surface area contributed by atoms with E-state index >= 15 is 0 Å². The lowest BCUT2D eigenvalue weighted by Crippen LogP contribution is -2.52. The van der Waals surface area contributed by atoms with Crippen molar-refractivity contribution >= 4 is 11.8 Å². The second-order valence-electron chi connectivity index (χ2n) is 5.25. The van der Waals surface area contributed by atoms with Gasteiger partial charge in [-0.2, -0.15) is 13.2 Å². The number of allylic oxidation sites excluding steroid dienone is 1. The van der Waals surface area contributed by atoms with Crippen molar-refractivity contribution in [1.82, 2.24) is 0 Å². The Bertz CT molecular complexity index is 784. The van der Waals surface area contributed by atoms with Crippen LogP contribution in [-0.4, -0.2) is 40.3 Å². The second kappa shape index (κ2) is 4.81. The number of alkyl halides is 3. The molecule has 2 N–H and O–H groups in total. The molecular weight excluding hydrogens is 333 g/mol. The molecule has 0 radical (unpaired) electrons. The number of carbonyl (C=O) groups excluding carboxylic acids is 2. The summed E-state index contributed by atoms with van der Waals surface area (Å²) in [6.45, 7) is 1.03. The van der Waals surface area contributed by atoms with Crippen LogP contribution < -0.4 is 0 Å². The number of Topliss-reactive ketones (excluding diaryl/α,β-unsaturated/α-hetero) is 1. The van der Waals surface area contributed by atoms with Crippen LogP contribution in [0.1, 0.15) is 22.8 Å². The average molecular weight is 344 g/mol. The van der Waals surface area contributed by atoms with Gasteiger partial charge in [-0.15, -0.1) is 0 Å². The summed E-state index contributed by atoms with van der Waals surface area (Å²) in [4.78, 5) is 24.5. The van der Waals surface area contributed by atoms with Gasteiger partial charge in [0.2, 0.25) is 17.1 Å². The van der Waals surface area contributed by atoms with Gasteiger partial charge in [0.1, 0.15) is 5.57 Å². The van der Waals surface area contributed by atoms with Gasteiger partial charge >= 0.3 is 12.1 Å². The van der Waals surface area contributed by atoms with Crippen molar-refractivity contribution in [3.05, 3.63) is 46.7 Å². The van der Waals surface area contributed by atoms with Crippen molar-refractivity contribution in [3.63, 3.8) is 0 Å². The number of ether oxygens (including phenoxy) is 2. The molecule has 3 rings (SSSR count). The van der Waals surface area contributed by atoms with E-state index in [0.717, 1.165) is 6.07 Å². The van der Waals surface area contributed by atoms with Gasteiger partial charge in [0, 0.05) is 11.1 Å². The van der Waals surface area contributed by atoms with Crippen LogP contribution in [0, 0.1) is 0 Å². The molecule has 128 valence electrons. The zero-order valence-electron chi connectivity index (χ0n) is 12.2. The van der Waals surface area contributed by atoms with Crippen molar-refractivity contribution in [2.24, 2.45) is 0 Å². The molecule has 1 aromatic carbocycles. The Labute approximate surface area is 133 Å². The molecule has 1 heterocycles.